The van der Waals surface area contributed by atoms with E-state index in [1.54, 1.807) is 16.6 Å². The largest absolute Gasteiger partial charge is 0.398 e. The highest BCUT2D eigenvalue weighted by Crippen LogP contribution is 2.41. The van der Waals surface area contributed by atoms with Gasteiger partial charge in [0.2, 0.25) is 0 Å². The first-order valence-electron chi connectivity index (χ1n) is 5.63. The van der Waals surface area contributed by atoms with Crippen LogP contribution in [0, 0.1) is 0 Å². The number of benzene rings is 1. The fraction of sp³-hybridized carbons (Fsp3) is 0.250. The molecule has 3 rings (SSSR count). The lowest BCUT2D eigenvalue weighted by atomic mass is 10.2. The number of nitrogens with two attached hydrogens (primary N) is 1. The Morgan fingerprint density at radius 1 is 1.29 bits per heavy atom. The van der Waals surface area contributed by atoms with Crippen molar-refractivity contribution in [3.63, 3.8) is 0 Å². The van der Waals surface area contributed by atoms with E-state index in [9.17, 15) is 0 Å². The Morgan fingerprint density at radius 3 is 2.82 bits per heavy atom. The van der Waals surface area contributed by atoms with Gasteiger partial charge in [0.1, 0.15) is 18.1 Å². The molecule has 0 aliphatic carbocycles. The van der Waals surface area contributed by atoms with E-state index in [-0.39, 0.29) is 0 Å². The van der Waals surface area contributed by atoms with Gasteiger partial charge in [-0.3, -0.25) is 5.84 Å². The maximum Gasteiger partial charge on any atom is 0.398 e. The number of hydrogen-bond donors (Lipinski definition) is 1. The van der Waals surface area contributed by atoms with Crippen molar-refractivity contribution in [2.24, 2.45) is 0 Å². The first-order valence-corrected chi connectivity index (χ1v) is 6.40. The predicted octanol–water partition coefficient (Wildman–Crippen LogP) is 1.90. The molecule has 0 radical (unpaired) electrons. The second kappa shape index (κ2) is 3.70. The zero-order valence-corrected chi connectivity index (χ0v) is 10.7. The van der Waals surface area contributed by atoms with Gasteiger partial charge in [0.05, 0.1) is 22.9 Å². The van der Waals surface area contributed by atoms with Crippen LogP contribution in [0.3, 0.4) is 0 Å². The summed E-state index contributed by atoms with van der Waals surface area (Å²) in [7, 11) is 0. The number of hydrogen-bond acceptors (Lipinski definition) is 3. The third kappa shape index (κ3) is 1.50. The van der Waals surface area contributed by atoms with Crippen LogP contribution in [-0.2, 0) is 0 Å². The van der Waals surface area contributed by atoms with Gasteiger partial charge in [-0.15, -0.1) is 4.68 Å². The number of nitrogens with zero attached hydrogens (tertiary/aromatic N) is 3. The van der Waals surface area contributed by atoms with Crippen LogP contribution in [0.2, 0.25) is 0 Å². The molecule has 0 spiro atoms. The fourth-order valence-electron chi connectivity index (χ4n) is 2.14. The third-order valence-electron chi connectivity index (χ3n) is 2.84. The molecule has 0 amide bonds. The van der Waals surface area contributed by atoms with Gasteiger partial charge in [-0.1, -0.05) is 12.1 Å². The maximum atomic E-state index is 5.99. The Balaban J connectivity index is 2.22. The highest BCUT2D eigenvalue weighted by atomic mass is 32.2. The van der Waals surface area contributed by atoms with Gasteiger partial charge in [-0.2, -0.15) is 3.97 Å². The fourth-order valence-corrected chi connectivity index (χ4v) is 3.13. The van der Waals surface area contributed by atoms with Gasteiger partial charge in [0.25, 0.3) is 0 Å². The molecule has 0 fully saturated rings. The van der Waals surface area contributed by atoms with Crippen molar-refractivity contribution < 1.29 is 4.68 Å². The first-order chi connectivity index (χ1) is 8.18. The Hall–Kier alpha value is -1.62. The third-order valence-corrected chi connectivity index (χ3v) is 3.87. The van der Waals surface area contributed by atoms with Gasteiger partial charge >= 0.3 is 5.95 Å². The van der Waals surface area contributed by atoms with Crippen LogP contribution < -0.4 is 15.4 Å². The molecule has 1 aliphatic rings. The Labute approximate surface area is 105 Å². The molecule has 2 N–H and O–H groups in total. The summed E-state index contributed by atoms with van der Waals surface area (Å²) in [5.41, 5.74) is 1.22. The summed E-state index contributed by atoms with van der Waals surface area (Å²) in [6, 6.07) is 8.77. The molecule has 0 unspecified atom stereocenters. The second-order valence-corrected chi connectivity index (χ2v) is 5.37. The van der Waals surface area contributed by atoms with Crippen LogP contribution in [0.15, 0.2) is 41.6 Å². The minimum absolute atomic E-state index is 0.362. The van der Waals surface area contributed by atoms with Crippen molar-refractivity contribution in [1.29, 1.82) is 0 Å². The van der Waals surface area contributed by atoms with Gasteiger partial charge in [-0.05, 0) is 26.0 Å². The Morgan fingerprint density at radius 2 is 2.06 bits per heavy atom. The smallest absolute Gasteiger partial charge is 0.289 e. The SMILES string of the molecule is CC(C)N1c2ccccc2Sn2cc[n+](N)c21. The van der Waals surface area contributed by atoms with Crippen LogP contribution >= 0.6 is 11.9 Å². The highest BCUT2D eigenvalue weighted by molar-refractivity contribution is 7.98. The molecule has 0 saturated heterocycles. The number of para-hydroxylation sites is 1. The van der Waals surface area contributed by atoms with E-state index in [1.165, 1.54) is 10.6 Å². The number of aromatic nitrogens is 2. The van der Waals surface area contributed by atoms with E-state index >= 15 is 0 Å². The molecule has 0 atom stereocenters. The van der Waals surface area contributed by atoms with Crippen molar-refractivity contribution in [2.75, 3.05) is 10.7 Å². The van der Waals surface area contributed by atoms with E-state index in [1.807, 2.05) is 12.4 Å². The number of anilines is 2. The van der Waals surface area contributed by atoms with E-state index in [0.29, 0.717) is 6.04 Å². The van der Waals surface area contributed by atoms with Crippen molar-refractivity contribution in [3.05, 3.63) is 36.7 Å². The molecule has 2 aromatic rings. The maximum absolute atomic E-state index is 5.99. The molecule has 2 heterocycles. The summed E-state index contributed by atoms with van der Waals surface area (Å²) in [6.45, 7) is 4.34. The zero-order chi connectivity index (χ0) is 12.0. The summed E-state index contributed by atoms with van der Waals surface area (Å²) < 4.78 is 3.77. The molecule has 5 heteroatoms. The van der Waals surface area contributed by atoms with Crippen molar-refractivity contribution >= 4 is 23.6 Å². The van der Waals surface area contributed by atoms with E-state index in [4.69, 9.17) is 5.84 Å². The van der Waals surface area contributed by atoms with E-state index < -0.39 is 0 Å². The van der Waals surface area contributed by atoms with Gasteiger partial charge in [-0.25, -0.2) is 4.90 Å². The average Bonchev–Trinajstić information content (AvgIpc) is 2.67. The first kappa shape index (κ1) is 10.5. The summed E-state index contributed by atoms with van der Waals surface area (Å²) in [6.07, 6.45) is 3.87. The van der Waals surface area contributed by atoms with Gasteiger partial charge in [0, 0.05) is 0 Å². The molecule has 88 valence electrons. The molecule has 1 aliphatic heterocycles. The zero-order valence-electron chi connectivity index (χ0n) is 9.87. The van der Waals surface area contributed by atoms with Crippen LogP contribution in [0.5, 0.6) is 0 Å². The minimum atomic E-state index is 0.362. The number of nitrogen functional groups attached to an aromatic ring is 1. The van der Waals surface area contributed by atoms with Crippen molar-refractivity contribution in [3.8, 4) is 0 Å². The molecule has 0 bridgehead atoms. The van der Waals surface area contributed by atoms with E-state index in [0.717, 1.165) is 5.95 Å². The Kier molecular flexibility index (Phi) is 2.29. The van der Waals surface area contributed by atoms with E-state index in [2.05, 4.69) is 47.0 Å². The monoisotopic (exact) mass is 247 g/mol. The average molecular weight is 247 g/mol. The molecule has 1 aromatic heterocycles. The lowest BCUT2D eigenvalue weighted by Crippen LogP contribution is -2.49. The Bertz CT molecular complexity index is 561. The van der Waals surface area contributed by atoms with Crippen molar-refractivity contribution in [2.45, 2.75) is 24.8 Å². The topological polar surface area (TPSA) is 38.1 Å². The molecule has 4 nitrogen and oxygen atoms in total. The lowest BCUT2D eigenvalue weighted by molar-refractivity contribution is -0.624. The second-order valence-electron chi connectivity index (χ2n) is 4.35. The summed E-state index contributed by atoms with van der Waals surface area (Å²) in [5, 5.41) is 0. The quantitative estimate of drug-likeness (QED) is 0.618. The van der Waals surface area contributed by atoms with Crippen LogP contribution in [0.1, 0.15) is 13.8 Å². The van der Waals surface area contributed by atoms with Gasteiger partial charge in [0.15, 0.2) is 0 Å². The highest BCUT2D eigenvalue weighted by Gasteiger charge is 2.35. The molecule has 0 saturated carbocycles. The number of imidazole rings is 1. The summed E-state index contributed by atoms with van der Waals surface area (Å²) in [5.74, 6) is 6.99. The van der Waals surface area contributed by atoms with Crippen LogP contribution in [0.4, 0.5) is 11.6 Å². The molecular weight excluding hydrogens is 232 g/mol. The number of rotatable bonds is 1. The normalized spacial score (nSPS) is 13.7. The standard InChI is InChI=1S/C12H15N4S/c1-9(2)16-10-5-3-4-6-11(10)17-15-8-7-14(13)12(15)16/h3-9H,13H2,1-2H3/q+1. The van der Waals surface area contributed by atoms with Crippen LogP contribution in [-0.4, -0.2) is 10.0 Å². The minimum Gasteiger partial charge on any atom is -0.289 e. The molecule has 17 heavy (non-hydrogen) atoms. The lowest BCUT2D eigenvalue weighted by Gasteiger charge is -2.27. The molecule has 1 aromatic carbocycles. The summed E-state index contributed by atoms with van der Waals surface area (Å²) in [4.78, 5) is 3.51. The van der Waals surface area contributed by atoms with Crippen molar-refractivity contribution in [1.82, 2.24) is 3.97 Å². The van der Waals surface area contributed by atoms with Crippen LogP contribution in [0.25, 0.3) is 0 Å². The summed E-state index contributed by atoms with van der Waals surface area (Å²) >= 11 is 1.70. The van der Waals surface area contributed by atoms with Gasteiger partial charge < -0.3 is 0 Å². The predicted molar refractivity (Wildman–Crippen MR) is 69.7 cm³/mol. The number of fused-ring (bicyclic) bond motifs is 2. The molecular formula is C12H15N4S+.